The van der Waals surface area contributed by atoms with Crippen LogP contribution in [0.2, 0.25) is 0 Å². The van der Waals surface area contributed by atoms with E-state index < -0.39 is 0 Å². The van der Waals surface area contributed by atoms with E-state index in [1.807, 2.05) is 7.05 Å². The van der Waals surface area contributed by atoms with Gasteiger partial charge in [-0.1, -0.05) is 18.2 Å². The molecular formula is C21H35N3O3. The Bertz CT molecular complexity index is 564. The molecule has 0 saturated carbocycles. The molecule has 6 heteroatoms. The second-order valence-corrected chi connectivity index (χ2v) is 6.95. The lowest BCUT2D eigenvalue weighted by Crippen LogP contribution is -2.47. The lowest BCUT2D eigenvalue weighted by atomic mass is 10.1. The molecule has 1 aliphatic rings. The normalized spacial score (nSPS) is 15.9. The van der Waals surface area contributed by atoms with Crippen molar-refractivity contribution in [1.29, 1.82) is 0 Å². The van der Waals surface area contributed by atoms with Crippen LogP contribution in [0.1, 0.15) is 30.4 Å². The molecule has 1 aromatic carbocycles. The van der Waals surface area contributed by atoms with E-state index in [1.54, 1.807) is 7.11 Å². The minimum absolute atomic E-state index is 0.351. The number of methoxy groups -OCH3 is 1. The molecule has 1 N–H and O–H groups in total. The van der Waals surface area contributed by atoms with Crippen molar-refractivity contribution in [2.75, 3.05) is 53.6 Å². The summed E-state index contributed by atoms with van der Waals surface area (Å²) in [7, 11) is 3.56. The maximum absolute atomic E-state index is 5.96. The first kappa shape index (κ1) is 21.5. The maximum Gasteiger partial charge on any atom is 0.193 e. The van der Waals surface area contributed by atoms with Crippen molar-refractivity contribution in [1.82, 2.24) is 10.2 Å². The van der Waals surface area contributed by atoms with E-state index in [9.17, 15) is 0 Å². The zero-order valence-electron chi connectivity index (χ0n) is 17.3. The van der Waals surface area contributed by atoms with Gasteiger partial charge in [0, 0.05) is 40.5 Å². The molecule has 0 aliphatic carbocycles. The van der Waals surface area contributed by atoms with Crippen molar-refractivity contribution in [3.05, 3.63) is 29.3 Å². The SMILES string of the molecule is CN=C(NCCOc1c(C)cccc1C)N1CCC(OCCCOC)CC1. The minimum atomic E-state index is 0.351. The Hall–Kier alpha value is -1.79. The van der Waals surface area contributed by atoms with E-state index in [-0.39, 0.29) is 0 Å². The minimum Gasteiger partial charge on any atom is -0.491 e. The number of aliphatic imine (C=N–C) groups is 1. The Morgan fingerprint density at radius 3 is 2.48 bits per heavy atom. The van der Waals surface area contributed by atoms with Gasteiger partial charge >= 0.3 is 0 Å². The van der Waals surface area contributed by atoms with Gasteiger partial charge in [-0.25, -0.2) is 0 Å². The highest BCUT2D eigenvalue weighted by molar-refractivity contribution is 5.79. The number of nitrogens with zero attached hydrogens (tertiary/aromatic N) is 2. The lowest BCUT2D eigenvalue weighted by Gasteiger charge is -2.34. The van der Waals surface area contributed by atoms with Gasteiger partial charge in [0.05, 0.1) is 12.6 Å². The highest BCUT2D eigenvalue weighted by atomic mass is 16.5. The number of nitrogens with one attached hydrogen (secondary N) is 1. The summed E-state index contributed by atoms with van der Waals surface area (Å²) in [6.45, 7) is 8.98. The molecule has 0 unspecified atom stereocenters. The smallest absolute Gasteiger partial charge is 0.193 e. The van der Waals surface area contributed by atoms with E-state index in [4.69, 9.17) is 14.2 Å². The van der Waals surface area contributed by atoms with Crippen molar-refractivity contribution in [2.45, 2.75) is 39.2 Å². The number of likely N-dealkylation sites (tertiary alicyclic amines) is 1. The van der Waals surface area contributed by atoms with Crippen LogP contribution in [0, 0.1) is 13.8 Å². The Balaban J connectivity index is 1.67. The lowest BCUT2D eigenvalue weighted by molar-refractivity contribution is 0.00989. The molecule has 0 spiro atoms. The second kappa shape index (κ2) is 11.8. The van der Waals surface area contributed by atoms with Gasteiger partial charge < -0.3 is 24.4 Å². The average molecular weight is 378 g/mol. The number of ether oxygens (including phenoxy) is 3. The number of rotatable bonds is 9. The van der Waals surface area contributed by atoms with Crippen molar-refractivity contribution in [3.63, 3.8) is 0 Å². The summed E-state index contributed by atoms with van der Waals surface area (Å²) in [5.74, 6) is 1.93. The average Bonchev–Trinajstić information content (AvgIpc) is 2.68. The summed E-state index contributed by atoms with van der Waals surface area (Å²) >= 11 is 0. The molecule has 0 aromatic heterocycles. The third kappa shape index (κ3) is 7.03. The summed E-state index contributed by atoms with van der Waals surface area (Å²) in [5, 5.41) is 3.42. The van der Waals surface area contributed by atoms with Crippen LogP contribution in [0.15, 0.2) is 23.2 Å². The molecular weight excluding hydrogens is 342 g/mol. The topological polar surface area (TPSA) is 55.3 Å². The number of para-hydroxylation sites is 1. The van der Waals surface area contributed by atoms with Crippen molar-refractivity contribution in [2.24, 2.45) is 4.99 Å². The van der Waals surface area contributed by atoms with Crippen LogP contribution in [0.25, 0.3) is 0 Å². The zero-order chi connectivity index (χ0) is 19.5. The molecule has 2 rings (SSSR count). The predicted molar refractivity (Wildman–Crippen MR) is 110 cm³/mol. The van der Waals surface area contributed by atoms with Crippen molar-refractivity contribution >= 4 is 5.96 Å². The predicted octanol–water partition coefficient (Wildman–Crippen LogP) is 2.78. The van der Waals surface area contributed by atoms with Gasteiger partial charge in [0.1, 0.15) is 12.4 Å². The van der Waals surface area contributed by atoms with E-state index in [0.29, 0.717) is 12.7 Å². The molecule has 1 saturated heterocycles. The van der Waals surface area contributed by atoms with Crippen molar-refractivity contribution in [3.8, 4) is 5.75 Å². The number of hydrogen-bond donors (Lipinski definition) is 1. The molecule has 1 aliphatic heterocycles. The van der Waals surface area contributed by atoms with E-state index in [0.717, 1.165) is 63.8 Å². The van der Waals surface area contributed by atoms with Gasteiger partial charge in [-0.3, -0.25) is 4.99 Å². The summed E-state index contributed by atoms with van der Waals surface area (Å²) in [6.07, 6.45) is 3.38. The number of aryl methyl sites for hydroxylation is 2. The zero-order valence-corrected chi connectivity index (χ0v) is 17.3. The Labute approximate surface area is 163 Å². The Morgan fingerprint density at radius 2 is 1.85 bits per heavy atom. The van der Waals surface area contributed by atoms with Crippen LogP contribution in [-0.2, 0) is 9.47 Å². The molecule has 0 bridgehead atoms. The van der Waals surface area contributed by atoms with E-state index in [2.05, 4.69) is 47.3 Å². The van der Waals surface area contributed by atoms with Gasteiger partial charge in [0.2, 0.25) is 0 Å². The molecule has 0 atom stereocenters. The van der Waals surface area contributed by atoms with Crippen LogP contribution in [0.3, 0.4) is 0 Å². The van der Waals surface area contributed by atoms with Gasteiger partial charge in [-0.05, 0) is 44.2 Å². The van der Waals surface area contributed by atoms with E-state index >= 15 is 0 Å². The Kier molecular flexibility index (Phi) is 9.42. The molecule has 1 aromatic rings. The van der Waals surface area contributed by atoms with Gasteiger partial charge in [-0.15, -0.1) is 0 Å². The first-order valence-electron chi connectivity index (χ1n) is 9.91. The number of guanidine groups is 1. The molecule has 1 fully saturated rings. The summed E-state index contributed by atoms with van der Waals surface area (Å²) in [4.78, 5) is 6.72. The van der Waals surface area contributed by atoms with Gasteiger partial charge in [0.25, 0.3) is 0 Å². The van der Waals surface area contributed by atoms with Crippen molar-refractivity contribution < 1.29 is 14.2 Å². The largest absolute Gasteiger partial charge is 0.491 e. The number of hydrogen-bond acceptors (Lipinski definition) is 4. The fourth-order valence-electron chi connectivity index (χ4n) is 3.36. The summed E-state index contributed by atoms with van der Waals surface area (Å²) < 4.78 is 17.0. The molecule has 0 radical (unpaired) electrons. The number of benzene rings is 1. The standard InChI is InChI=1S/C21H35N3O3/c1-17-7-5-8-18(2)20(17)27-16-11-23-21(22-3)24-12-9-19(10-13-24)26-15-6-14-25-4/h5,7-8,19H,6,9-16H2,1-4H3,(H,22,23). The number of piperidine rings is 1. The summed E-state index contributed by atoms with van der Waals surface area (Å²) in [6, 6.07) is 6.22. The molecule has 152 valence electrons. The third-order valence-corrected chi connectivity index (χ3v) is 4.84. The monoisotopic (exact) mass is 377 g/mol. The fourth-order valence-corrected chi connectivity index (χ4v) is 3.36. The van der Waals surface area contributed by atoms with E-state index in [1.165, 1.54) is 11.1 Å². The molecule has 27 heavy (non-hydrogen) atoms. The Morgan fingerprint density at radius 1 is 1.15 bits per heavy atom. The maximum atomic E-state index is 5.96. The van der Waals surface area contributed by atoms with Gasteiger partial charge in [0.15, 0.2) is 5.96 Å². The fraction of sp³-hybridized carbons (Fsp3) is 0.667. The first-order valence-corrected chi connectivity index (χ1v) is 9.91. The van der Waals surface area contributed by atoms with Crippen LogP contribution in [0.4, 0.5) is 0 Å². The molecule has 1 heterocycles. The first-order chi connectivity index (χ1) is 13.2. The third-order valence-electron chi connectivity index (χ3n) is 4.84. The van der Waals surface area contributed by atoms with Gasteiger partial charge in [-0.2, -0.15) is 0 Å². The van der Waals surface area contributed by atoms with Crippen LogP contribution >= 0.6 is 0 Å². The highest BCUT2D eigenvalue weighted by Gasteiger charge is 2.21. The molecule has 0 amide bonds. The van der Waals surface area contributed by atoms with Crippen LogP contribution in [0.5, 0.6) is 5.75 Å². The second-order valence-electron chi connectivity index (χ2n) is 6.95. The van der Waals surface area contributed by atoms with Crippen LogP contribution in [-0.4, -0.2) is 70.6 Å². The summed E-state index contributed by atoms with van der Waals surface area (Å²) in [5.41, 5.74) is 2.35. The highest BCUT2D eigenvalue weighted by Crippen LogP contribution is 2.22. The quantitative estimate of drug-likeness (QED) is 0.407. The van der Waals surface area contributed by atoms with Crippen LogP contribution < -0.4 is 10.1 Å². The molecule has 6 nitrogen and oxygen atoms in total.